The van der Waals surface area contributed by atoms with Crippen LogP contribution in [0.15, 0.2) is 18.2 Å². The van der Waals surface area contributed by atoms with Crippen molar-refractivity contribution in [3.8, 4) is 0 Å². The standard InChI is InChI=1S/C14H16F2N2O3/c15-9-5-6-11(10(16)8-9)17-14(21)18-7-3-1-2-4-12(18)13(19)20/h5-6,8,12H,1-4,7H2,(H,17,21)(H,19,20). The van der Waals surface area contributed by atoms with E-state index in [4.69, 9.17) is 0 Å². The highest BCUT2D eigenvalue weighted by Crippen LogP contribution is 2.20. The molecule has 2 N–H and O–H groups in total. The second kappa shape index (κ2) is 6.51. The van der Waals surface area contributed by atoms with Gasteiger partial charge in [-0.1, -0.05) is 12.8 Å². The third-order valence-corrected chi connectivity index (χ3v) is 3.47. The number of amides is 2. The van der Waals surface area contributed by atoms with Crippen molar-refractivity contribution in [3.63, 3.8) is 0 Å². The fraction of sp³-hybridized carbons (Fsp3) is 0.429. The Kier molecular flexibility index (Phi) is 4.72. The van der Waals surface area contributed by atoms with Crippen LogP contribution in [0.5, 0.6) is 0 Å². The first-order valence-corrected chi connectivity index (χ1v) is 6.74. The number of carboxylic acids is 1. The summed E-state index contributed by atoms with van der Waals surface area (Å²) in [6.45, 7) is 0.297. The van der Waals surface area contributed by atoms with Gasteiger partial charge in [0.05, 0.1) is 5.69 Å². The molecule has 1 aliphatic rings. The third-order valence-electron chi connectivity index (χ3n) is 3.47. The molecule has 0 aliphatic carbocycles. The maximum absolute atomic E-state index is 13.5. The first-order valence-electron chi connectivity index (χ1n) is 6.74. The molecule has 0 saturated carbocycles. The van der Waals surface area contributed by atoms with Crippen LogP contribution in [0.1, 0.15) is 25.7 Å². The summed E-state index contributed by atoms with van der Waals surface area (Å²) >= 11 is 0. The molecule has 5 nitrogen and oxygen atoms in total. The van der Waals surface area contributed by atoms with Gasteiger partial charge in [-0.05, 0) is 25.0 Å². The molecule has 1 saturated heterocycles. The molecule has 0 spiro atoms. The highest BCUT2D eigenvalue weighted by molar-refractivity contribution is 5.92. The van der Waals surface area contributed by atoms with Gasteiger partial charge in [-0.15, -0.1) is 0 Å². The van der Waals surface area contributed by atoms with E-state index in [1.807, 2.05) is 0 Å². The van der Waals surface area contributed by atoms with Crippen LogP contribution >= 0.6 is 0 Å². The van der Waals surface area contributed by atoms with Crippen LogP contribution in [0.4, 0.5) is 19.3 Å². The number of rotatable bonds is 2. The minimum absolute atomic E-state index is 0.171. The summed E-state index contributed by atoms with van der Waals surface area (Å²) in [5.41, 5.74) is -0.171. The van der Waals surface area contributed by atoms with Gasteiger partial charge in [-0.2, -0.15) is 0 Å². The van der Waals surface area contributed by atoms with Gasteiger partial charge in [0.25, 0.3) is 0 Å². The van der Waals surface area contributed by atoms with Gasteiger partial charge in [-0.3, -0.25) is 0 Å². The average molecular weight is 298 g/mol. The maximum Gasteiger partial charge on any atom is 0.326 e. The molecule has 0 bridgehead atoms. The van der Waals surface area contributed by atoms with E-state index in [2.05, 4.69) is 5.32 Å². The Morgan fingerprint density at radius 3 is 2.67 bits per heavy atom. The second-order valence-electron chi connectivity index (χ2n) is 4.95. The number of nitrogens with one attached hydrogen (secondary N) is 1. The van der Waals surface area contributed by atoms with Gasteiger partial charge in [0, 0.05) is 12.6 Å². The van der Waals surface area contributed by atoms with E-state index in [0.29, 0.717) is 25.5 Å². The fourth-order valence-electron chi connectivity index (χ4n) is 2.39. The van der Waals surface area contributed by atoms with Crippen LogP contribution in [0.25, 0.3) is 0 Å². The number of benzene rings is 1. The van der Waals surface area contributed by atoms with E-state index in [0.717, 1.165) is 25.0 Å². The topological polar surface area (TPSA) is 69.6 Å². The predicted molar refractivity (Wildman–Crippen MR) is 72.0 cm³/mol. The lowest BCUT2D eigenvalue weighted by Crippen LogP contribution is -2.46. The van der Waals surface area contributed by atoms with E-state index >= 15 is 0 Å². The van der Waals surface area contributed by atoms with Crippen molar-refractivity contribution in [2.24, 2.45) is 0 Å². The summed E-state index contributed by atoms with van der Waals surface area (Å²) in [6, 6.07) is 1.18. The molecular weight excluding hydrogens is 282 g/mol. The van der Waals surface area contributed by atoms with Crippen LogP contribution in [0, 0.1) is 11.6 Å². The normalized spacial score (nSPS) is 19.0. The van der Waals surface area contributed by atoms with E-state index in [1.54, 1.807) is 0 Å². The lowest BCUT2D eigenvalue weighted by atomic mass is 10.1. The third kappa shape index (κ3) is 3.68. The Hall–Kier alpha value is -2.18. The van der Waals surface area contributed by atoms with Crippen molar-refractivity contribution in [2.45, 2.75) is 31.7 Å². The zero-order valence-corrected chi connectivity index (χ0v) is 11.3. The number of likely N-dealkylation sites (tertiary alicyclic amines) is 1. The number of hydrogen-bond acceptors (Lipinski definition) is 2. The largest absolute Gasteiger partial charge is 0.480 e. The van der Waals surface area contributed by atoms with Crippen LogP contribution < -0.4 is 5.32 Å². The van der Waals surface area contributed by atoms with Crippen molar-refractivity contribution in [3.05, 3.63) is 29.8 Å². The SMILES string of the molecule is O=C(O)C1CCCCCN1C(=O)Nc1ccc(F)cc1F. The second-order valence-corrected chi connectivity index (χ2v) is 4.95. The molecule has 2 amide bonds. The lowest BCUT2D eigenvalue weighted by Gasteiger charge is -2.27. The molecule has 0 aromatic heterocycles. The van der Waals surface area contributed by atoms with Crippen molar-refractivity contribution >= 4 is 17.7 Å². The summed E-state index contributed by atoms with van der Waals surface area (Å²) in [4.78, 5) is 24.6. The number of halogens is 2. The summed E-state index contributed by atoms with van der Waals surface area (Å²) in [5.74, 6) is -2.72. The molecule has 1 atom stereocenters. The molecule has 114 valence electrons. The van der Waals surface area contributed by atoms with Crippen LogP contribution in [0.3, 0.4) is 0 Å². The zero-order chi connectivity index (χ0) is 15.4. The molecule has 1 aromatic carbocycles. The first-order chi connectivity index (χ1) is 9.99. The Labute approximate surface area is 120 Å². The summed E-state index contributed by atoms with van der Waals surface area (Å²) in [6.07, 6.45) is 2.64. The Morgan fingerprint density at radius 1 is 1.24 bits per heavy atom. The van der Waals surface area contributed by atoms with Crippen molar-refractivity contribution in [2.75, 3.05) is 11.9 Å². The lowest BCUT2D eigenvalue weighted by molar-refractivity contribution is -0.142. The molecular formula is C14H16F2N2O3. The fourth-order valence-corrected chi connectivity index (χ4v) is 2.39. The van der Waals surface area contributed by atoms with Gasteiger partial charge in [-0.25, -0.2) is 18.4 Å². The van der Waals surface area contributed by atoms with Crippen molar-refractivity contribution < 1.29 is 23.5 Å². The number of hydrogen-bond donors (Lipinski definition) is 2. The van der Waals surface area contributed by atoms with Crippen molar-refractivity contribution in [1.29, 1.82) is 0 Å². The molecule has 0 radical (unpaired) electrons. The zero-order valence-electron chi connectivity index (χ0n) is 11.3. The number of carbonyl (C=O) groups is 2. The monoisotopic (exact) mass is 298 g/mol. The maximum atomic E-state index is 13.5. The summed E-state index contributed by atoms with van der Waals surface area (Å²) in [5, 5.41) is 11.5. The number of carbonyl (C=O) groups excluding carboxylic acids is 1. The molecule has 1 fully saturated rings. The van der Waals surface area contributed by atoms with E-state index < -0.39 is 29.7 Å². The molecule has 2 rings (SSSR count). The Balaban J connectivity index is 2.14. The van der Waals surface area contributed by atoms with Gasteiger partial charge in [0.1, 0.15) is 17.7 Å². The predicted octanol–water partition coefficient (Wildman–Crippen LogP) is 2.83. The van der Waals surface area contributed by atoms with Crippen LogP contribution in [-0.2, 0) is 4.79 Å². The van der Waals surface area contributed by atoms with Crippen LogP contribution in [0.2, 0.25) is 0 Å². The molecule has 1 unspecified atom stereocenters. The van der Waals surface area contributed by atoms with E-state index in [1.165, 1.54) is 4.90 Å². The van der Waals surface area contributed by atoms with Gasteiger partial charge < -0.3 is 15.3 Å². The number of anilines is 1. The Bertz CT molecular complexity index is 551. The molecule has 1 heterocycles. The van der Waals surface area contributed by atoms with Gasteiger partial charge >= 0.3 is 12.0 Å². The first kappa shape index (κ1) is 15.2. The molecule has 21 heavy (non-hydrogen) atoms. The number of aliphatic carboxylic acids is 1. The number of carboxylic acid groups (broad SMARTS) is 1. The molecule has 1 aliphatic heterocycles. The van der Waals surface area contributed by atoms with Crippen molar-refractivity contribution in [1.82, 2.24) is 4.90 Å². The highest BCUT2D eigenvalue weighted by atomic mass is 19.1. The smallest absolute Gasteiger partial charge is 0.326 e. The molecule has 7 heteroatoms. The Morgan fingerprint density at radius 2 is 2.00 bits per heavy atom. The van der Waals surface area contributed by atoms with Gasteiger partial charge in [0.2, 0.25) is 0 Å². The minimum atomic E-state index is -1.08. The minimum Gasteiger partial charge on any atom is -0.480 e. The van der Waals surface area contributed by atoms with E-state index in [9.17, 15) is 23.5 Å². The van der Waals surface area contributed by atoms with Gasteiger partial charge in [0.15, 0.2) is 0 Å². The van der Waals surface area contributed by atoms with Crippen LogP contribution in [-0.4, -0.2) is 34.6 Å². The number of nitrogens with zero attached hydrogens (tertiary/aromatic N) is 1. The summed E-state index contributed by atoms with van der Waals surface area (Å²) < 4.78 is 26.3. The highest BCUT2D eigenvalue weighted by Gasteiger charge is 2.31. The average Bonchev–Trinajstić information content (AvgIpc) is 2.67. The van der Waals surface area contributed by atoms with E-state index in [-0.39, 0.29) is 5.69 Å². The quantitative estimate of drug-likeness (QED) is 0.882. The number of urea groups is 1. The summed E-state index contributed by atoms with van der Waals surface area (Å²) in [7, 11) is 0. The molecule has 1 aromatic rings.